The zero-order chi connectivity index (χ0) is 16.1. The molecule has 0 saturated carbocycles. The number of nitrogens with zero attached hydrogens (tertiary/aromatic N) is 1. The topological polar surface area (TPSA) is 64.8 Å². The first-order valence-electron chi connectivity index (χ1n) is 6.53. The van der Waals surface area contributed by atoms with Gasteiger partial charge < -0.3 is 9.47 Å². The molecule has 2 aromatic rings. The van der Waals surface area contributed by atoms with Crippen LogP contribution in [0.25, 0.3) is 0 Å². The third-order valence-corrected chi connectivity index (χ3v) is 3.01. The highest BCUT2D eigenvalue weighted by Crippen LogP contribution is 2.30. The van der Waals surface area contributed by atoms with E-state index in [1.54, 1.807) is 37.4 Å². The molecule has 6 nitrogen and oxygen atoms in total. The van der Waals surface area contributed by atoms with E-state index in [1.165, 1.54) is 26.2 Å². The predicted molar refractivity (Wildman–Crippen MR) is 79.8 cm³/mol. The highest BCUT2D eigenvalue weighted by atomic mass is 16.8. The Labute approximate surface area is 127 Å². The molecule has 2 aromatic carbocycles. The van der Waals surface area contributed by atoms with Crippen LogP contribution in [0.15, 0.2) is 42.5 Å². The van der Waals surface area contributed by atoms with Gasteiger partial charge in [-0.1, -0.05) is 0 Å². The van der Waals surface area contributed by atoms with Gasteiger partial charge in [0.25, 0.3) is 4.92 Å². The fraction of sp³-hybridized carbons (Fsp3) is 0.188. The van der Waals surface area contributed by atoms with Crippen molar-refractivity contribution in [3.05, 3.63) is 52.9 Å². The lowest BCUT2D eigenvalue weighted by atomic mass is 10.1. The lowest BCUT2D eigenvalue weighted by molar-refractivity contribution is -0.736. The minimum absolute atomic E-state index is 0.213. The van der Waals surface area contributed by atoms with E-state index in [0.29, 0.717) is 27.7 Å². The predicted octanol–water partition coefficient (Wildman–Crippen LogP) is 3.66. The molecule has 0 heterocycles. The average molecular weight is 302 g/mol. The second-order valence-electron chi connectivity index (χ2n) is 4.45. The fourth-order valence-corrected chi connectivity index (χ4v) is 1.87. The zero-order valence-corrected chi connectivity index (χ0v) is 12.5. The Kier molecular flexibility index (Phi) is 4.73. The highest BCUT2D eigenvalue weighted by molar-refractivity contribution is 5.97. The lowest BCUT2D eigenvalue weighted by Crippen LogP contribution is -2.02. The number of carbonyl (C=O) groups is 1. The maximum Gasteiger partial charge on any atom is 0.317 e. The van der Waals surface area contributed by atoms with Gasteiger partial charge in [-0.15, -0.1) is 0 Å². The molecule has 0 spiro atoms. The zero-order valence-electron chi connectivity index (χ0n) is 12.5. The Hall–Kier alpha value is -2.89. The number of ether oxygens (including phenoxy) is 2. The average Bonchev–Trinajstić information content (AvgIpc) is 2.55. The van der Waals surface area contributed by atoms with Gasteiger partial charge in [0, 0.05) is 12.1 Å². The van der Waals surface area contributed by atoms with Gasteiger partial charge in [0.15, 0.2) is 12.9 Å². The summed E-state index contributed by atoms with van der Waals surface area (Å²) in [5, 5.41) is 0. The number of ketones is 1. The first-order valence-corrected chi connectivity index (χ1v) is 6.53. The standard InChI is InChI=1S/C16H16NO5/c1-11(18)15-10-12(17(19)21-3)4-9-16(15)22-14-7-5-13(20-2)6-8-14/h4-10H,1-3H3/q+1. The Balaban J connectivity index is 2.33. The SMILES string of the molecule is COc1ccc(Oc2ccc([N+](=O)OC)cc2C(C)=O)cc1. The molecule has 0 saturated heterocycles. The molecule has 0 aliphatic rings. The van der Waals surface area contributed by atoms with Crippen LogP contribution < -0.4 is 9.47 Å². The molecule has 2 rings (SSSR count). The summed E-state index contributed by atoms with van der Waals surface area (Å²) in [7, 11) is 2.83. The molecule has 0 aliphatic carbocycles. The van der Waals surface area contributed by atoms with Crippen LogP contribution in [0.5, 0.6) is 17.2 Å². The lowest BCUT2D eigenvalue weighted by Gasteiger charge is -2.09. The first-order chi connectivity index (χ1) is 10.5. The van der Waals surface area contributed by atoms with Gasteiger partial charge in [-0.05, 0) is 37.3 Å². The third-order valence-electron chi connectivity index (χ3n) is 3.01. The van der Waals surface area contributed by atoms with E-state index in [4.69, 9.17) is 9.47 Å². The van der Waals surface area contributed by atoms with Crippen molar-refractivity contribution in [3.63, 3.8) is 0 Å². The van der Waals surface area contributed by atoms with E-state index in [1.807, 2.05) is 0 Å². The summed E-state index contributed by atoms with van der Waals surface area (Å²) in [4.78, 5) is 28.1. The summed E-state index contributed by atoms with van der Waals surface area (Å²) in [5.41, 5.74) is 0.515. The van der Waals surface area contributed by atoms with Crippen molar-refractivity contribution in [2.45, 2.75) is 6.92 Å². The monoisotopic (exact) mass is 302 g/mol. The van der Waals surface area contributed by atoms with Crippen molar-refractivity contribution in [3.8, 4) is 17.2 Å². The summed E-state index contributed by atoms with van der Waals surface area (Å²) >= 11 is 0. The van der Waals surface area contributed by atoms with Gasteiger partial charge in [0.1, 0.15) is 17.2 Å². The molecule has 6 heteroatoms. The molecule has 0 atom stereocenters. The first kappa shape index (κ1) is 15.5. The van der Waals surface area contributed by atoms with Crippen LogP contribution in [0.2, 0.25) is 0 Å². The maximum atomic E-state index is 11.8. The van der Waals surface area contributed by atoms with Crippen LogP contribution in [0, 0.1) is 4.91 Å². The molecule has 0 bridgehead atoms. The van der Waals surface area contributed by atoms with Crippen molar-refractivity contribution in [1.82, 2.24) is 0 Å². The summed E-state index contributed by atoms with van der Waals surface area (Å²) in [6, 6.07) is 11.5. The minimum Gasteiger partial charge on any atom is -0.497 e. The maximum absolute atomic E-state index is 11.8. The van der Waals surface area contributed by atoms with Crippen molar-refractivity contribution in [1.29, 1.82) is 0 Å². The Morgan fingerprint density at radius 3 is 2.18 bits per heavy atom. The highest BCUT2D eigenvalue weighted by Gasteiger charge is 2.20. The van der Waals surface area contributed by atoms with Crippen molar-refractivity contribution >= 4 is 11.5 Å². The van der Waals surface area contributed by atoms with Gasteiger partial charge in [0.2, 0.25) is 0 Å². The van der Waals surface area contributed by atoms with Crippen LogP contribution in [0.3, 0.4) is 0 Å². The van der Waals surface area contributed by atoms with Crippen LogP contribution in [-0.4, -0.2) is 24.9 Å². The van der Waals surface area contributed by atoms with Gasteiger partial charge in [-0.25, -0.2) is 4.84 Å². The van der Waals surface area contributed by atoms with Gasteiger partial charge in [0.05, 0.1) is 17.6 Å². The number of hydrogen-bond acceptors (Lipinski definition) is 5. The Morgan fingerprint density at radius 2 is 1.64 bits per heavy atom. The smallest absolute Gasteiger partial charge is 0.317 e. The number of benzene rings is 2. The second-order valence-corrected chi connectivity index (χ2v) is 4.45. The molecular formula is C16H16NO5+. The van der Waals surface area contributed by atoms with E-state index in [2.05, 4.69) is 4.84 Å². The largest absolute Gasteiger partial charge is 0.497 e. The molecule has 0 unspecified atom stereocenters. The molecule has 0 N–H and O–H groups in total. The number of methoxy groups -OCH3 is 1. The molecule has 0 amide bonds. The van der Waals surface area contributed by atoms with E-state index in [9.17, 15) is 9.70 Å². The number of carbonyl (C=O) groups excluding carboxylic acids is 1. The molecule has 0 fully saturated rings. The fourth-order valence-electron chi connectivity index (χ4n) is 1.87. The summed E-state index contributed by atoms with van der Waals surface area (Å²) in [5.74, 6) is 1.42. The quantitative estimate of drug-likeness (QED) is 0.602. The van der Waals surface area contributed by atoms with E-state index in [0.717, 1.165) is 0 Å². The Bertz CT molecular complexity index is 694. The number of rotatable bonds is 6. The van der Waals surface area contributed by atoms with Crippen molar-refractivity contribution in [2.75, 3.05) is 14.2 Å². The van der Waals surface area contributed by atoms with Crippen LogP contribution >= 0.6 is 0 Å². The van der Waals surface area contributed by atoms with E-state index in [-0.39, 0.29) is 11.5 Å². The molecule has 0 aliphatic heterocycles. The molecule has 0 aromatic heterocycles. The van der Waals surface area contributed by atoms with E-state index >= 15 is 0 Å². The van der Waals surface area contributed by atoms with Gasteiger partial charge in [-0.3, -0.25) is 4.79 Å². The van der Waals surface area contributed by atoms with E-state index < -0.39 is 0 Å². The van der Waals surface area contributed by atoms with Gasteiger partial charge in [-0.2, -0.15) is 0 Å². The van der Waals surface area contributed by atoms with Crippen molar-refractivity contribution < 1.29 is 24.0 Å². The molecule has 114 valence electrons. The molecular weight excluding hydrogens is 286 g/mol. The number of Topliss-reactive ketones (excluding diaryl/α,β-unsaturated/α-hetero) is 1. The van der Waals surface area contributed by atoms with Crippen LogP contribution in [0.4, 0.5) is 5.69 Å². The second kappa shape index (κ2) is 6.71. The van der Waals surface area contributed by atoms with Gasteiger partial charge >= 0.3 is 5.69 Å². The Morgan fingerprint density at radius 1 is 1.00 bits per heavy atom. The van der Waals surface area contributed by atoms with Crippen molar-refractivity contribution in [2.24, 2.45) is 0 Å². The minimum atomic E-state index is -0.213. The third kappa shape index (κ3) is 3.41. The summed E-state index contributed by atoms with van der Waals surface area (Å²) < 4.78 is 10.8. The molecule has 22 heavy (non-hydrogen) atoms. The van der Waals surface area contributed by atoms with Crippen LogP contribution in [-0.2, 0) is 4.84 Å². The summed E-state index contributed by atoms with van der Waals surface area (Å²) in [6.07, 6.45) is 0. The summed E-state index contributed by atoms with van der Waals surface area (Å²) in [6.45, 7) is 1.40. The number of hydrogen-bond donors (Lipinski definition) is 0. The van der Waals surface area contributed by atoms with Crippen LogP contribution in [0.1, 0.15) is 17.3 Å². The normalized spacial score (nSPS) is 9.95. The molecule has 0 radical (unpaired) electrons.